The maximum Gasteiger partial charge on any atom is 0.416 e. The Hall–Kier alpha value is -2.04. The van der Waals surface area contributed by atoms with Crippen molar-refractivity contribution in [3.63, 3.8) is 0 Å². The van der Waals surface area contributed by atoms with E-state index in [2.05, 4.69) is 4.52 Å². The fourth-order valence-corrected chi connectivity index (χ4v) is 3.11. The van der Waals surface area contributed by atoms with Gasteiger partial charge in [0.05, 0.1) is 22.0 Å². The molecule has 24 heavy (non-hydrogen) atoms. The summed E-state index contributed by atoms with van der Waals surface area (Å²) in [4.78, 5) is 29.0. The Balaban J connectivity index is 3.65. The highest BCUT2D eigenvalue weighted by molar-refractivity contribution is 7.62. The molecule has 1 unspecified atom stereocenters. The van der Waals surface area contributed by atoms with E-state index in [-0.39, 0.29) is 25.2 Å². The third-order valence-electron chi connectivity index (χ3n) is 2.84. The molecule has 0 fully saturated rings. The van der Waals surface area contributed by atoms with Crippen molar-refractivity contribution in [3.05, 3.63) is 37.9 Å². The number of rotatable bonds is 7. The fourth-order valence-electron chi connectivity index (χ4n) is 1.73. The number of nitrogens with zero attached hydrogens (tertiary/aromatic N) is 2. The van der Waals surface area contributed by atoms with Crippen LogP contribution < -0.4 is 5.30 Å². The molecule has 1 N–H and O–H groups in total. The average molecular weight is 372 g/mol. The summed E-state index contributed by atoms with van der Waals surface area (Å²) in [5.74, 6) is 0. The lowest BCUT2D eigenvalue weighted by atomic mass is 10.1. The number of benzene rings is 1. The van der Waals surface area contributed by atoms with Gasteiger partial charge in [-0.3, -0.25) is 24.8 Å². The number of nitro groups is 2. The quantitative estimate of drug-likeness (QED) is 0.336. The summed E-state index contributed by atoms with van der Waals surface area (Å²) in [5, 5.41) is 20.6. The van der Waals surface area contributed by atoms with Crippen molar-refractivity contribution in [1.29, 1.82) is 0 Å². The molecule has 0 spiro atoms. The van der Waals surface area contributed by atoms with Gasteiger partial charge in [-0.2, -0.15) is 13.2 Å². The third-order valence-corrected chi connectivity index (χ3v) is 4.39. The maximum atomic E-state index is 12.7. The van der Waals surface area contributed by atoms with Crippen LogP contribution in [-0.4, -0.2) is 21.3 Å². The molecule has 13 heteroatoms. The molecular weight excluding hydrogens is 360 g/mol. The molecule has 0 saturated carbocycles. The highest BCUT2D eigenvalue weighted by atomic mass is 31.2. The van der Waals surface area contributed by atoms with Gasteiger partial charge in [-0.05, 0) is 6.42 Å². The van der Waals surface area contributed by atoms with E-state index in [4.69, 9.17) is 0 Å². The molecule has 1 aromatic carbocycles. The van der Waals surface area contributed by atoms with Gasteiger partial charge in [0.25, 0.3) is 11.4 Å². The molecule has 0 bridgehead atoms. The second-order valence-corrected chi connectivity index (χ2v) is 6.33. The predicted octanol–water partition coefficient (Wildman–Crippen LogP) is 3.15. The highest BCUT2D eigenvalue weighted by Gasteiger charge is 2.44. The van der Waals surface area contributed by atoms with Crippen LogP contribution in [0.5, 0.6) is 0 Å². The van der Waals surface area contributed by atoms with Crippen LogP contribution in [0.1, 0.15) is 25.3 Å². The Bertz CT molecular complexity index is 672. The normalized spacial score (nSPS) is 14.2. The second kappa shape index (κ2) is 7.24. The fraction of sp³-hybridized carbons (Fsp3) is 0.455. The van der Waals surface area contributed by atoms with Gasteiger partial charge in [0, 0.05) is 12.1 Å². The third kappa shape index (κ3) is 4.49. The van der Waals surface area contributed by atoms with E-state index in [1.54, 1.807) is 6.92 Å². The lowest BCUT2D eigenvalue weighted by Gasteiger charge is -2.14. The zero-order valence-corrected chi connectivity index (χ0v) is 13.0. The number of nitro benzene ring substituents is 2. The van der Waals surface area contributed by atoms with Crippen molar-refractivity contribution in [2.45, 2.75) is 25.9 Å². The molecule has 0 radical (unpaired) electrons. The zero-order chi connectivity index (χ0) is 18.7. The van der Waals surface area contributed by atoms with Crippen molar-refractivity contribution in [2.75, 3.05) is 6.61 Å². The van der Waals surface area contributed by atoms with E-state index in [1.807, 2.05) is 0 Å². The molecule has 0 aromatic heterocycles. The minimum atomic E-state index is -5.11. The van der Waals surface area contributed by atoms with Crippen molar-refractivity contribution < 1.29 is 37.0 Å². The van der Waals surface area contributed by atoms with Crippen molar-refractivity contribution >= 4 is 24.3 Å². The van der Waals surface area contributed by atoms with Gasteiger partial charge < -0.3 is 9.42 Å². The molecule has 1 rings (SSSR count). The first-order valence-corrected chi connectivity index (χ1v) is 8.01. The zero-order valence-electron chi connectivity index (χ0n) is 12.1. The average Bonchev–Trinajstić information content (AvgIpc) is 2.44. The summed E-state index contributed by atoms with van der Waals surface area (Å²) in [6.07, 6.45) is -4.32. The first-order valence-electron chi connectivity index (χ1n) is 6.43. The van der Waals surface area contributed by atoms with E-state index in [0.717, 1.165) is 0 Å². The number of hydrogen-bond donors (Lipinski definition) is 1. The van der Waals surface area contributed by atoms with Gasteiger partial charge in [-0.15, -0.1) is 0 Å². The van der Waals surface area contributed by atoms with Crippen LogP contribution in [0.15, 0.2) is 12.1 Å². The highest BCUT2D eigenvalue weighted by Crippen LogP contribution is 2.48. The van der Waals surface area contributed by atoms with Gasteiger partial charge in [-0.1, -0.05) is 13.3 Å². The molecule has 0 aliphatic heterocycles. The van der Waals surface area contributed by atoms with E-state index in [9.17, 15) is 42.9 Å². The van der Waals surface area contributed by atoms with Crippen molar-refractivity contribution in [3.8, 4) is 0 Å². The van der Waals surface area contributed by atoms with E-state index >= 15 is 0 Å². The van der Waals surface area contributed by atoms with Crippen LogP contribution in [0, 0.1) is 20.2 Å². The molecule has 0 amide bonds. The van der Waals surface area contributed by atoms with Crippen molar-refractivity contribution in [1.82, 2.24) is 0 Å². The second-order valence-electron chi connectivity index (χ2n) is 4.58. The number of alkyl halides is 3. The molecule has 1 aromatic rings. The minimum Gasteiger partial charge on any atom is -0.321 e. The lowest BCUT2D eigenvalue weighted by Crippen LogP contribution is -2.19. The van der Waals surface area contributed by atoms with Crippen LogP contribution in [0.4, 0.5) is 24.5 Å². The Kier molecular flexibility index (Phi) is 6.04. The summed E-state index contributed by atoms with van der Waals surface area (Å²) >= 11 is 0. The Morgan fingerprint density at radius 2 is 1.67 bits per heavy atom. The maximum absolute atomic E-state index is 12.7. The van der Waals surface area contributed by atoms with E-state index in [1.165, 1.54) is 0 Å². The van der Waals surface area contributed by atoms with Crippen LogP contribution in [0.2, 0.25) is 0 Å². The molecule has 134 valence electrons. The van der Waals surface area contributed by atoms with Crippen LogP contribution in [0.3, 0.4) is 0 Å². The largest absolute Gasteiger partial charge is 0.416 e. The smallest absolute Gasteiger partial charge is 0.321 e. The molecule has 0 heterocycles. The molecule has 0 aliphatic carbocycles. The molecule has 9 nitrogen and oxygen atoms in total. The number of halogens is 3. The van der Waals surface area contributed by atoms with Gasteiger partial charge in [-0.25, -0.2) is 0 Å². The molecular formula is C11H12F3N2O7P. The van der Waals surface area contributed by atoms with E-state index in [0.29, 0.717) is 6.42 Å². The molecule has 0 aliphatic rings. The van der Waals surface area contributed by atoms with Crippen LogP contribution in [0.25, 0.3) is 0 Å². The van der Waals surface area contributed by atoms with Crippen LogP contribution >= 0.6 is 7.60 Å². The topological polar surface area (TPSA) is 133 Å². The van der Waals surface area contributed by atoms with Gasteiger partial charge in [0.2, 0.25) is 5.30 Å². The van der Waals surface area contributed by atoms with Crippen molar-refractivity contribution in [2.24, 2.45) is 0 Å². The summed E-state index contributed by atoms with van der Waals surface area (Å²) < 4.78 is 55.0. The van der Waals surface area contributed by atoms with Crippen LogP contribution in [-0.2, 0) is 15.3 Å². The van der Waals surface area contributed by atoms with E-state index < -0.39 is 45.9 Å². The SMILES string of the molecule is CCCCOP(=O)(O)c1c([N+](=O)[O-])cc(C(F)(F)F)cc1[N+](=O)[O-]. The lowest BCUT2D eigenvalue weighted by molar-refractivity contribution is -0.392. The minimum absolute atomic E-state index is 0.0333. The Labute approximate surface area is 132 Å². The number of unbranched alkanes of at least 4 members (excludes halogenated alkanes) is 1. The summed E-state index contributed by atoms with van der Waals surface area (Å²) in [6.45, 7) is 1.36. The molecule has 0 saturated heterocycles. The van der Waals surface area contributed by atoms with Gasteiger partial charge in [0.15, 0.2) is 0 Å². The standard InChI is InChI=1S/C11H12F3N2O7P/c1-2-3-4-23-24(21,22)10-8(15(17)18)5-7(11(12,13)14)6-9(10)16(19)20/h5-6H,2-4H2,1H3,(H,21,22). The van der Waals surface area contributed by atoms with Gasteiger partial charge in [0.1, 0.15) is 0 Å². The van der Waals surface area contributed by atoms with Gasteiger partial charge >= 0.3 is 13.8 Å². The summed E-state index contributed by atoms with van der Waals surface area (Å²) in [7, 11) is -5.08. The predicted molar refractivity (Wildman–Crippen MR) is 75.1 cm³/mol. The monoisotopic (exact) mass is 372 g/mol. The Morgan fingerprint density at radius 1 is 1.21 bits per heavy atom. The number of hydrogen-bond acceptors (Lipinski definition) is 6. The summed E-state index contributed by atoms with van der Waals surface area (Å²) in [5.41, 5.74) is -4.68. The first-order chi connectivity index (χ1) is 10.9. The summed E-state index contributed by atoms with van der Waals surface area (Å²) in [6, 6.07) is -0.0667. The molecule has 1 atom stereocenters. The Morgan fingerprint density at radius 3 is 2.00 bits per heavy atom. The first kappa shape index (κ1) is 20.0.